The summed E-state index contributed by atoms with van der Waals surface area (Å²) in [6.07, 6.45) is 0. The molecule has 21 heavy (non-hydrogen) atoms. The number of thiazole rings is 1. The van der Waals surface area contributed by atoms with E-state index in [9.17, 15) is 4.79 Å². The maximum Gasteiger partial charge on any atom is 0.289 e. The molecule has 108 valence electrons. The van der Waals surface area contributed by atoms with E-state index in [0.717, 1.165) is 21.0 Å². The van der Waals surface area contributed by atoms with Gasteiger partial charge in [0.05, 0.1) is 16.3 Å². The quantitative estimate of drug-likeness (QED) is 0.733. The van der Waals surface area contributed by atoms with Gasteiger partial charge in [-0.15, -0.1) is 11.3 Å². The summed E-state index contributed by atoms with van der Waals surface area (Å²) in [5.41, 5.74) is 0.971. The second-order valence-electron chi connectivity index (χ2n) is 5.02. The van der Waals surface area contributed by atoms with E-state index in [4.69, 9.17) is 4.42 Å². The Hall–Kier alpha value is -2.14. The first-order valence-electron chi connectivity index (χ1n) is 6.75. The Bertz CT molecular complexity index is 757. The summed E-state index contributed by atoms with van der Waals surface area (Å²) in [6.45, 7) is 3.80. The van der Waals surface area contributed by atoms with Crippen LogP contribution in [0.4, 0.5) is 0 Å². The minimum atomic E-state index is -0.130. The molecule has 0 saturated heterocycles. The highest BCUT2D eigenvalue weighted by Crippen LogP contribution is 2.29. The lowest BCUT2D eigenvalue weighted by Gasteiger charge is -2.22. The van der Waals surface area contributed by atoms with E-state index < -0.39 is 0 Å². The Labute approximate surface area is 127 Å². The van der Waals surface area contributed by atoms with Crippen LogP contribution in [-0.2, 0) is 0 Å². The Balaban J connectivity index is 1.86. The van der Waals surface area contributed by atoms with Crippen LogP contribution in [-0.4, -0.2) is 22.8 Å². The molecule has 5 heteroatoms. The summed E-state index contributed by atoms with van der Waals surface area (Å²) >= 11 is 1.62. The van der Waals surface area contributed by atoms with Crippen LogP contribution in [0.5, 0.6) is 0 Å². The molecule has 0 aliphatic rings. The van der Waals surface area contributed by atoms with Gasteiger partial charge < -0.3 is 9.32 Å². The summed E-state index contributed by atoms with van der Waals surface area (Å²) in [7, 11) is 1.77. The normalized spacial score (nSPS) is 12.5. The first kappa shape index (κ1) is 13.8. The highest BCUT2D eigenvalue weighted by molar-refractivity contribution is 7.18. The molecule has 0 bridgehead atoms. The van der Waals surface area contributed by atoms with E-state index in [1.807, 2.05) is 38.1 Å². The number of furan rings is 1. The van der Waals surface area contributed by atoms with Crippen molar-refractivity contribution in [2.45, 2.75) is 19.9 Å². The molecule has 3 rings (SSSR count). The molecule has 4 nitrogen and oxygen atoms in total. The summed E-state index contributed by atoms with van der Waals surface area (Å²) in [6, 6.07) is 11.4. The second-order valence-corrected chi connectivity index (χ2v) is 6.08. The van der Waals surface area contributed by atoms with E-state index >= 15 is 0 Å². The minimum Gasteiger partial charge on any atom is -0.456 e. The molecule has 1 atom stereocenters. The van der Waals surface area contributed by atoms with Gasteiger partial charge in [-0.3, -0.25) is 4.79 Å². The van der Waals surface area contributed by atoms with Crippen molar-refractivity contribution >= 4 is 27.5 Å². The molecule has 2 aromatic heterocycles. The zero-order valence-corrected chi connectivity index (χ0v) is 13.0. The second kappa shape index (κ2) is 5.33. The van der Waals surface area contributed by atoms with Crippen LogP contribution in [0.1, 0.15) is 34.3 Å². The molecule has 3 aromatic rings. The van der Waals surface area contributed by atoms with Gasteiger partial charge in [-0.2, -0.15) is 0 Å². The number of rotatable bonds is 3. The van der Waals surface area contributed by atoms with Crippen LogP contribution in [0, 0.1) is 6.92 Å². The highest BCUT2D eigenvalue weighted by atomic mass is 32.1. The lowest BCUT2D eigenvalue weighted by molar-refractivity contribution is 0.0709. The van der Waals surface area contributed by atoms with Crippen molar-refractivity contribution in [2.75, 3.05) is 7.05 Å². The number of para-hydroxylation sites is 1. The molecule has 0 fully saturated rings. The molecule has 0 radical (unpaired) electrons. The average Bonchev–Trinajstić information content (AvgIpc) is 3.10. The number of amides is 1. The number of carbonyl (C=O) groups is 1. The van der Waals surface area contributed by atoms with Gasteiger partial charge in [-0.25, -0.2) is 4.98 Å². The first-order valence-corrected chi connectivity index (χ1v) is 7.57. The van der Waals surface area contributed by atoms with Crippen LogP contribution in [0.25, 0.3) is 10.2 Å². The summed E-state index contributed by atoms with van der Waals surface area (Å²) in [4.78, 5) is 18.7. The Morgan fingerprint density at radius 1 is 1.29 bits per heavy atom. The van der Waals surface area contributed by atoms with Gasteiger partial charge in [0.25, 0.3) is 5.91 Å². The van der Waals surface area contributed by atoms with Crippen molar-refractivity contribution in [3.05, 3.63) is 52.9 Å². The number of fused-ring (bicyclic) bond motifs is 1. The van der Waals surface area contributed by atoms with Gasteiger partial charge in [0, 0.05) is 7.05 Å². The van der Waals surface area contributed by atoms with Gasteiger partial charge in [0.2, 0.25) is 0 Å². The van der Waals surface area contributed by atoms with Crippen LogP contribution in [0.15, 0.2) is 40.8 Å². The average molecular weight is 300 g/mol. The minimum absolute atomic E-state index is 0.0969. The van der Waals surface area contributed by atoms with Crippen molar-refractivity contribution in [1.29, 1.82) is 0 Å². The zero-order valence-electron chi connectivity index (χ0n) is 12.2. The molecule has 0 saturated carbocycles. The molecule has 0 spiro atoms. The fraction of sp³-hybridized carbons (Fsp3) is 0.250. The SMILES string of the molecule is Cc1ccc(C(=O)N(C)[C@@H](C)c2nc3ccccc3s2)o1. The van der Waals surface area contributed by atoms with E-state index in [-0.39, 0.29) is 11.9 Å². The number of benzene rings is 1. The van der Waals surface area contributed by atoms with E-state index in [0.29, 0.717) is 5.76 Å². The third kappa shape index (κ3) is 2.56. The predicted molar refractivity (Wildman–Crippen MR) is 83.6 cm³/mol. The summed E-state index contributed by atoms with van der Waals surface area (Å²) in [5, 5.41) is 0.926. The molecule has 0 aliphatic heterocycles. The number of hydrogen-bond acceptors (Lipinski definition) is 4. The van der Waals surface area contributed by atoms with Crippen molar-refractivity contribution in [3.63, 3.8) is 0 Å². The predicted octanol–water partition coefficient (Wildman–Crippen LogP) is 4.03. The molecule has 1 aromatic carbocycles. The number of nitrogens with zero attached hydrogens (tertiary/aromatic N) is 2. The zero-order chi connectivity index (χ0) is 15.0. The van der Waals surface area contributed by atoms with Gasteiger partial charge in [-0.05, 0) is 38.1 Å². The van der Waals surface area contributed by atoms with Crippen LogP contribution < -0.4 is 0 Å². The molecule has 2 heterocycles. The Morgan fingerprint density at radius 2 is 2.05 bits per heavy atom. The van der Waals surface area contributed by atoms with Gasteiger partial charge in [0.15, 0.2) is 5.76 Å². The topological polar surface area (TPSA) is 46.3 Å². The molecular weight excluding hydrogens is 284 g/mol. The van der Waals surface area contributed by atoms with Gasteiger partial charge in [-0.1, -0.05) is 12.1 Å². The fourth-order valence-electron chi connectivity index (χ4n) is 2.13. The van der Waals surface area contributed by atoms with Crippen molar-refractivity contribution < 1.29 is 9.21 Å². The van der Waals surface area contributed by atoms with Gasteiger partial charge in [0.1, 0.15) is 10.8 Å². The first-order chi connectivity index (χ1) is 10.1. The smallest absolute Gasteiger partial charge is 0.289 e. The summed E-state index contributed by atoms with van der Waals surface area (Å²) in [5.74, 6) is 0.970. The molecule has 0 N–H and O–H groups in total. The highest BCUT2D eigenvalue weighted by Gasteiger charge is 2.23. The van der Waals surface area contributed by atoms with E-state index in [2.05, 4.69) is 4.98 Å². The standard InChI is InChI=1S/C16H16N2O2S/c1-10-8-9-13(20-10)16(19)18(3)11(2)15-17-12-6-4-5-7-14(12)21-15/h4-9,11H,1-3H3/t11-/m0/s1. The van der Waals surface area contributed by atoms with Crippen LogP contribution in [0.2, 0.25) is 0 Å². The van der Waals surface area contributed by atoms with Crippen molar-refractivity contribution in [2.24, 2.45) is 0 Å². The Morgan fingerprint density at radius 3 is 2.71 bits per heavy atom. The van der Waals surface area contributed by atoms with Crippen molar-refractivity contribution in [3.8, 4) is 0 Å². The molecular formula is C16H16N2O2S. The molecule has 0 unspecified atom stereocenters. The van der Waals surface area contributed by atoms with Crippen LogP contribution in [0.3, 0.4) is 0 Å². The van der Waals surface area contributed by atoms with E-state index in [1.165, 1.54) is 0 Å². The molecule has 0 aliphatic carbocycles. The number of hydrogen-bond donors (Lipinski definition) is 0. The van der Waals surface area contributed by atoms with Crippen molar-refractivity contribution in [1.82, 2.24) is 9.88 Å². The fourth-order valence-corrected chi connectivity index (χ4v) is 3.20. The maximum atomic E-state index is 12.4. The van der Waals surface area contributed by atoms with Gasteiger partial charge >= 0.3 is 0 Å². The largest absolute Gasteiger partial charge is 0.456 e. The number of carbonyl (C=O) groups excluding carboxylic acids is 1. The monoisotopic (exact) mass is 300 g/mol. The Kier molecular flexibility index (Phi) is 3.51. The third-order valence-electron chi connectivity index (χ3n) is 3.52. The number of aromatic nitrogens is 1. The lowest BCUT2D eigenvalue weighted by atomic mass is 10.3. The lowest BCUT2D eigenvalue weighted by Crippen LogP contribution is -2.29. The van der Waals surface area contributed by atoms with E-state index in [1.54, 1.807) is 35.4 Å². The number of aryl methyl sites for hydroxylation is 1. The summed E-state index contributed by atoms with van der Waals surface area (Å²) < 4.78 is 6.54. The molecule has 1 amide bonds. The third-order valence-corrected chi connectivity index (χ3v) is 4.73. The van der Waals surface area contributed by atoms with Crippen LogP contribution >= 0.6 is 11.3 Å². The maximum absolute atomic E-state index is 12.4.